The lowest BCUT2D eigenvalue weighted by molar-refractivity contribution is -0.121. The highest BCUT2D eigenvalue weighted by Crippen LogP contribution is 2.11. The van der Waals surface area contributed by atoms with Gasteiger partial charge < -0.3 is 21.1 Å². The zero-order chi connectivity index (χ0) is 17.9. The molecule has 0 radical (unpaired) electrons. The third kappa shape index (κ3) is 10.5. The second-order valence-corrected chi connectivity index (χ2v) is 6.12. The Morgan fingerprint density at radius 1 is 1.11 bits per heavy atom. The van der Waals surface area contributed by atoms with Crippen molar-refractivity contribution < 1.29 is 14.3 Å². The van der Waals surface area contributed by atoms with Crippen LogP contribution in [0.2, 0.25) is 0 Å². The zero-order valence-corrected chi connectivity index (χ0v) is 17.1. The van der Waals surface area contributed by atoms with Crippen LogP contribution in [-0.4, -0.2) is 56.1 Å². The lowest BCUT2D eigenvalue weighted by atomic mass is 10.2. The van der Waals surface area contributed by atoms with E-state index in [-0.39, 0.29) is 36.6 Å². The monoisotopic (exact) mass is 420 g/mol. The van der Waals surface area contributed by atoms with Crippen molar-refractivity contribution in [3.63, 3.8) is 0 Å². The van der Waals surface area contributed by atoms with Crippen molar-refractivity contribution in [3.8, 4) is 0 Å². The molecule has 1 aromatic rings. The third-order valence-electron chi connectivity index (χ3n) is 4.07. The molecule has 0 saturated carbocycles. The average molecular weight is 421 g/mol. The van der Waals surface area contributed by atoms with E-state index >= 15 is 0 Å². The average Bonchev–Trinajstić information content (AvgIpc) is 2.64. The lowest BCUT2D eigenvalue weighted by Gasteiger charge is -2.26. The number of amides is 2. The number of morpholine rings is 1. The van der Waals surface area contributed by atoms with Gasteiger partial charge in [-0.15, -0.1) is 24.8 Å². The standard InChI is InChI=1S/C18H28N4O3.2ClH/c19-7-2-5-17(23)20-14-15-3-1-4-16(13-15)21-18(24)6-8-22-9-11-25-12-10-22;;/h1,3-4,13H,2,5-12,14,19H2,(H,20,23)(H,21,24);2*1H. The van der Waals surface area contributed by atoms with Crippen molar-refractivity contribution in [3.05, 3.63) is 29.8 Å². The molecule has 0 aliphatic carbocycles. The first-order chi connectivity index (χ1) is 12.2. The van der Waals surface area contributed by atoms with Crippen LogP contribution in [-0.2, 0) is 20.9 Å². The molecule has 1 saturated heterocycles. The first kappa shape index (κ1) is 25.6. The van der Waals surface area contributed by atoms with E-state index in [4.69, 9.17) is 10.5 Å². The van der Waals surface area contributed by atoms with Gasteiger partial charge in [0.15, 0.2) is 0 Å². The molecule has 1 heterocycles. The first-order valence-electron chi connectivity index (χ1n) is 8.83. The van der Waals surface area contributed by atoms with Crippen LogP contribution in [0.3, 0.4) is 0 Å². The van der Waals surface area contributed by atoms with Gasteiger partial charge in [0.25, 0.3) is 0 Å². The number of ether oxygens (including phenoxy) is 1. The molecule has 2 amide bonds. The van der Waals surface area contributed by atoms with Gasteiger partial charge in [-0.25, -0.2) is 0 Å². The Kier molecular flexibility index (Phi) is 13.9. The molecule has 2 rings (SSSR count). The van der Waals surface area contributed by atoms with Crippen molar-refractivity contribution in [1.29, 1.82) is 0 Å². The number of carbonyl (C=O) groups is 2. The summed E-state index contributed by atoms with van der Waals surface area (Å²) in [6.07, 6.45) is 1.58. The van der Waals surface area contributed by atoms with E-state index in [0.29, 0.717) is 32.4 Å². The number of nitrogens with one attached hydrogen (secondary N) is 2. The molecule has 1 fully saturated rings. The SMILES string of the molecule is Cl.Cl.NCCCC(=O)NCc1cccc(NC(=O)CCN2CCOCC2)c1. The van der Waals surface area contributed by atoms with Gasteiger partial charge in [0.05, 0.1) is 13.2 Å². The number of halogens is 2. The predicted molar refractivity (Wildman–Crippen MR) is 112 cm³/mol. The van der Waals surface area contributed by atoms with Crippen molar-refractivity contribution >= 4 is 42.3 Å². The van der Waals surface area contributed by atoms with Crippen LogP contribution in [0.15, 0.2) is 24.3 Å². The minimum absolute atomic E-state index is 0. The molecule has 0 spiro atoms. The Morgan fingerprint density at radius 3 is 2.56 bits per heavy atom. The summed E-state index contributed by atoms with van der Waals surface area (Å²) >= 11 is 0. The maximum atomic E-state index is 12.1. The summed E-state index contributed by atoms with van der Waals surface area (Å²) in [5, 5.41) is 5.77. The van der Waals surface area contributed by atoms with Crippen molar-refractivity contribution in [2.45, 2.75) is 25.8 Å². The van der Waals surface area contributed by atoms with Crippen LogP contribution in [0.25, 0.3) is 0 Å². The van der Waals surface area contributed by atoms with E-state index in [1.807, 2.05) is 24.3 Å². The Labute approximate surface area is 173 Å². The van der Waals surface area contributed by atoms with Gasteiger partial charge in [0, 0.05) is 44.7 Å². The molecule has 27 heavy (non-hydrogen) atoms. The summed E-state index contributed by atoms with van der Waals surface area (Å²) in [5.41, 5.74) is 7.09. The van der Waals surface area contributed by atoms with Gasteiger partial charge in [0.1, 0.15) is 0 Å². The molecule has 0 unspecified atom stereocenters. The Balaban J connectivity index is 0.00000338. The second kappa shape index (κ2) is 14.6. The molecule has 154 valence electrons. The van der Waals surface area contributed by atoms with E-state index in [0.717, 1.165) is 44.1 Å². The molecular weight excluding hydrogens is 391 g/mol. The van der Waals surface area contributed by atoms with Crippen LogP contribution in [0.1, 0.15) is 24.8 Å². The van der Waals surface area contributed by atoms with E-state index in [9.17, 15) is 9.59 Å². The van der Waals surface area contributed by atoms with Gasteiger partial charge in [-0.2, -0.15) is 0 Å². The van der Waals surface area contributed by atoms with Crippen LogP contribution >= 0.6 is 24.8 Å². The van der Waals surface area contributed by atoms with Crippen LogP contribution in [0, 0.1) is 0 Å². The highest BCUT2D eigenvalue weighted by Gasteiger charge is 2.12. The quantitative estimate of drug-likeness (QED) is 0.562. The highest BCUT2D eigenvalue weighted by molar-refractivity contribution is 5.90. The summed E-state index contributed by atoms with van der Waals surface area (Å²) in [6, 6.07) is 7.54. The summed E-state index contributed by atoms with van der Waals surface area (Å²) in [6.45, 7) is 4.94. The van der Waals surface area contributed by atoms with E-state index < -0.39 is 0 Å². The fourth-order valence-electron chi connectivity index (χ4n) is 2.62. The number of carbonyl (C=O) groups excluding carboxylic acids is 2. The number of benzene rings is 1. The summed E-state index contributed by atoms with van der Waals surface area (Å²) in [4.78, 5) is 26.0. The van der Waals surface area contributed by atoms with Gasteiger partial charge in [0.2, 0.25) is 11.8 Å². The number of nitrogens with zero attached hydrogens (tertiary/aromatic N) is 1. The summed E-state index contributed by atoms with van der Waals surface area (Å²) in [5.74, 6) is -0.0129. The van der Waals surface area contributed by atoms with Crippen LogP contribution in [0.5, 0.6) is 0 Å². The predicted octanol–water partition coefficient (Wildman–Crippen LogP) is 1.55. The zero-order valence-electron chi connectivity index (χ0n) is 15.4. The Hall–Kier alpha value is -1.38. The summed E-state index contributed by atoms with van der Waals surface area (Å²) in [7, 11) is 0. The van der Waals surface area contributed by atoms with Crippen molar-refractivity contribution in [2.75, 3.05) is 44.7 Å². The molecule has 4 N–H and O–H groups in total. The van der Waals surface area contributed by atoms with Gasteiger partial charge in [-0.05, 0) is 30.7 Å². The topological polar surface area (TPSA) is 96.7 Å². The van der Waals surface area contributed by atoms with Crippen molar-refractivity contribution in [1.82, 2.24) is 10.2 Å². The van der Waals surface area contributed by atoms with Crippen LogP contribution < -0.4 is 16.4 Å². The van der Waals surface area contributed by atoms with Gasteiger partial charge >= 0.3 is 0 Å². The number of nitrogens with two attached hydrogens (primary N) is 1. The lowest BCUT2D eigenvalue weighted by Crippen LogP contribution is -2.38. The highest BCUT2D eigenvalue weighted by atomic mass is 35.5. The maximum Gasteiger partial charge on any atom is 0.225 e. The molecule has 1 aliphatic rings. The molecule has 7 nitrogen and oxygen atoms in total. The maximum absolute atomic E-state index is 12.1. The third-order valence-corrected chi connectivity index (χ3v) is 4.07. The fourth-order valence-corrected chi connectivity index (χ4v) is 2.62. The summed E-state index contributed by atoms with van der Waals surface area (Å²) < 4.78 is 5.30. The largest absolute Gasteiger partial charge is 0.379 e. The Morgan fingerprint density at radius 2 is 1.85 bits per heavy atom. The van der Waals surface area contributed by atoms with Crippen LogP contribution in [0.4, 0.5) is 5.69 Å². The minimum Gasteiger partial charge on any atom is -0.379 e. The van der Waals surface area contributed by atoms with E-state index in [1.54, 1.807) is 0 Å². The molecule has 9 heteroatoms. The molecule has 1 aliphatic heterocycles. The number of rotatable bonds is 9. The molecule has 0 atom stereocenters. The number of hydrogen-bond donors (Lipinski definition) is 3. The normalized spacial score (nSPS) is 13.8. The molecule has 0 aromatic heterocycles. The minimum atomic E-state index is -0.00889. The molecule has 0 bridgehead atoms. The van der Waals surface area contributed by atoms with Gasteiger partial charge in [-0.1, -0.05) is 12.1 Å². The molecule has 1 aromatic carbocycles. The number of hydrogen-bond acceptors (Lipinski definition) is 5. The smallest absolute Gasteiger partial charge is 0.225 e. The van der Waals surface area contributed by atoms with E-state index in [1.165, 1.54) is 0 Å². The van der Waals surface area contributed by atoms with E-state index in [2.05, 4.69) is 15.5 Å². The fraction of sp³-hybridized carbons (Fsp3) is 0.556. The van der Waals surface area contributed by atoms with Crippen molar-refractivity contribution in [2.24, 2.45) is 5.73 Å². The number of anilines is 1. The molecular formula is C18H30Cl2N4O3. The first-order valence-corrected chi connectivity index (χ1v) is 8.83. The Bertz CT molecular complexity index is 569. The second-order valence-electron chi connectivity index (χ2n) is 6.12. The van der Waals surface area contributed by atoms with Gasteiger partial charge in [-0.3, -0.25) is 14.5 Å².